The summed E-state index contributed by atoms with van der Waals surface area (Å²) in [6.07, 6.45) is 5.34. The Labute approximate surface area is 113 Å². The van der Waals surface area contributed by atoms with E-state index in [1.165, 1.54) is 0 Å². The third-order valence-electron chi connectivity index (χ3n) is 2.04. The molecule has 4 nitrogen and oxygen atoms in total. The van der Waals surface area contributed by atoms with E-state index in [2.05, 4.69) is 29.7 Å². The predicted molar refractivity (Wildman–Crippen MR) is 79.4 cm³/mol. The van der Waals surface area contributed by atoms with Gasteiger partial charge in [0.15, 0.2) is 5.11 Å². The summed E-state index contributed by atoms with van der Waals surface area (Å²) in [7, 11) is 0. The minimum absolute atomic E-state index is 0.537. The Hall–Kier alpha value is -1.62. The molecule has 0 unspecified atom stereocenters. The predicted octanol–water partition coefficient (Wildman–Crippen LogP) is 2.79. The molecule has 0 bridgehead atoms. The SMILES string of the molecule is CC(C=Cc1ccco1)=NNC(=S)NCC(C)C. The molecule has 0 aliphatic rings. The second-order valence-corrected chi connectivity index (χ2v) is 4.73. The number of rotatable bonds is 5. The van der Waals surface area contributed by atoms with Crippen LogP contribution in [0.3, 0.4) is 0 Å². The van der Waals surface area contributed by atoms with Gasteiger partial charge in [0.25, 0.3) is 0 Å². The fourth-order valence-corrected chi connectivity index (χ4v) is 1.23. The molecule has 1 aromatic heterocycles. The van der Waals surface area contributed by atoms with Crippen LogP contribution in [0.25, 0.3) is 6.08 Å². The summed E-state index contributed by atoms with van der Waals surface area (Å²) < 4.78 is 5.17. The maximum absolute atomic E-state index is 5.17. The quantitative estimate of drug-likeness (QED) is 0.488. The second kappa shape index (κ2) is 7.66. The van der Waals surface area contributed by atoms with Crippen molar-refractivity contribution in [1.82, 2.24) is 10.7 Å². The fourth-order valence-electron chi connectivity index (χ4n) is 1.10. The first kappa shape index (κ1) is 14.4. The number of hydrogen-bond donors (Lipinski definition) is 2. The summed E-state index contributed by atoms with van der Waals surface area (Å²) in [5.74, 6) is 1.35. The van der Waals surface area contributed by atoms with E-state index in [1.807, 2.05) is 31.2 Å². The molecule has 98 valence electrons. The molecule has 0 aromatic carbocycles. The molecule has 0 spiro atoms. The van der Waals surface area contributed by atoms with E-state index in [0.717, 1.165) is 18.0 Å². The van der Waals surface area contributed by atoms with Gasteiger partial charge in [-0.2, -0.15) is 5.10 Å². The number of allylic oxidation sites excluding steroid dienone is 1. The van der Waals surface area contributed by atoms with E-state index in [1.54, 1.807) is 6.26 Å². The number of nitrogens with zero attached hydrogens (tertiary/aromatic N) is 1. The van der Waals surface area contributed by atoms with Crippen molar-refractivity contribution in [3.63, 3.8) is 0 Å². The lowest BCUT2D eigenvalue weighted by atomic mass is 10.2. The third kappa shape index (κ3) is 6.20. The molecule has 1 heterocycles. The van der Waals surface area contributed by atoms with Gasteiger partial charge >= 0.3 is 0 Å². The van der Waals surface area contributed by atoms with E-state index in [4.69, 9.17) is 16.6 Å². The summed E-state index contributed by atoms with van der Waals surface area (Å²) in [5.41, 5.74) is 3.61. The third-order valence-corrected chi connectivity index (χ3v) is 2.27. The van der Waals surface area contributed by atoms with Crippen molar-refractivity contribution in [2.24, 2.45) is 11.0 Å². The van der Waals surface area contributed by atoms with E-state index < -0.39 is 0 Å². The first-order valence-electron chi connectivity index (χ1n) is 5.87. The average molecular weight is 265 g/mol. The molecule has 1 aromatic rings. The van der Waals surface area contributed by atoms with E-state index >= 15 is 0 Å². The Morgan fingerprint density at radius 3 is 2.94 bits per heavy atom. The van der Waals surface area contributed by atoms with Gasteiger partial charge in [-0.1, -0.05) is 13.8 Å². The number of thiocarbonyl (C=S) groups is 1. The molecule has 5 heteroatoms. The van der Waals surface area contributed by atoms with Crippen LogP contribution >= 0.6 is 12.2 Å². The van der Waals surface area contributed by atoms with Crippen LogP contribution in [-0.4, -0.2) is 17.4 Å². The van der Waals surface area contributed by atoms with Gasteiger partial charge in [-0.25, -0.2) is 0 Å². The highest BCUT2D eigenvalue weighted by molar-refractivity contribution is 7.80. The van der Waals surface area contributed by atoms with Crippen LogP contribution in [0.15, 0.2) is 34.0 Å². The molecule has 18 heavy (non-hydrogen) atoms. The number of hydrogen-bond acceptors (Lipinski definition) is 3. The Morgan fingerprint density at radius 1 is 1.56 bits per heavy atom. The van der Waals surface area contributed by atoms with Crippen LogP contribution < -0.4 is 10.7 Å². The zero-order valence-corrected chi connectivity index (χ0v) is 11.8. The molecule has 2 N–H and O–H groups in total. The normalized spacial score (nSPS) is 12.1. The highest BCUT2D eigenvalue weighted by atomic mass is 32.1. The van der Waals surface area contributed by atoms with Crippen molar-refractivity contribution < 1.29 is 4.42 Å². The minimum Gasteiger partial charge on any atom is -0.465 e. The first-order chi connectivity index (χ1) is 8.58. The Morgan fingerprint density at radius 2 is 2.33 bits per heavy atom. The molecule has 0 saturated carbocycles. The highest BCUT2D eigenvalue weighted by Gasteiger charge is 1.96. The first-order valence-corrected chi connectivity index (χ1v) is 6.28. The fraction of sp³-hybridized carbons (Fsp3) is 0.385. The van der Waals surface area contributed by atoms with Crippen molar-refractivity contribution in [3.8, 4) is 0 Å². The van der Waals surface area contributed by atoms with Crippen LogP contribution in [-0.2, 0) is 0 Å². The lowest BCUT2D eigenvalue weighted by Crippen LogP contribution is -2.34. The number of hydrazone groups is 1. The van der Waals surface area contributed by atoms with Crippen molar-refractivity contribution in [2.75, 3.05) is 6.54 Å². The molecule has 0 amide bonds. The zero-order valence-electron chi connectivity index (χ0n) is 10.9. The van der Waals surface area contributed by atoms with Crippen LogP contribution in [0.5, 0.6) is 0 Å². The Kier molecular flexibility index (Phi) is 6.14. The maximum atomic E-state index is 5.17. The van der Waals surface area contributed by atoms with Gasteiger partial charge in [0, 0.05) is 6.54 Å². The molecule has 0 aliphatic heterocycles. The molecular formula is C13H19N3OS. The lowest BCUT2D eigenvalue weighted by molar-refractivity contribution is 0.557. The van der Waals surface area contributed by atoms with Gasteiger partial charge in [-0.3, -0.25) is 5.43 Å². The van der Waals surface area contributed by atoms with Gasteiger partial charge in [0.05, 0.1) is 12.0 Å². The van der Waals surface area contributed by atoms with Gasteiger partial charge in [0.2, 0.25) is 0 Å². The minimum atomic E-state index is 0.537. The number of furan rings is 1. The van der Waals surface area contributed by atoms with Crippen molar-refractivity contribution in [3.05, 3.63) is 30.2 Å². The summed E-state index contributed by atoms with van der Waals surface area (Å²) in [6, 6.07) is 3.72. The van der Waals surface area contributed by atoms with Gasteiger partial charge < -0.3 is 9.73 Å². The maximum Gasteiger partial charge on any atom is 0.186 e. The van der Waals surface area contributed by atoms with E-state index in [9.17, 15) is 0 Å². The van der Waals surface area contributed by atoms with E-state index in [0.29, 0.717) is 11.0 Å². The topological polar surface area (TPSA) is 49.6 Å². The Bertz CT molecular complexity index is 421. The summed E-state index contributed by atoms with van der Waals surface area (Å²) in [6.45, 7) is 6.96. The van der Waals surface area contributed by atoms with Crippen LogP contribution in [0, 0.1) is 5.92 Å². The Balaban J connectivity index is 2.35. The molecule has 0 saturated heterocycles. The monoisotopic (exact) mass is 265 g/mol. The van der Waals surface area contributed by atoms with Crippen LogP contribution in [0.1, 0.15) is 26.5 Å². The van der Waals surface area contributed by atoms with E-state index in [-0.39, 0.29) is 0 Å². The molecule has 0 fully saturated rings. The molecule has 0 aliphatic carbocycles. The largest absolute Gasteiger partial charge is 0.465 e. The second-order valence-electron chi connectivity index (χ2n) is 4.32. The highest BCUT2D eigenvalue weighted by Crippen LogP contribution is 2.02. The van der Waals surface area contributed by atoms with Gasteiger partial charge in [-0.15, -0.1) is 0 Å². The van der Waals surface area contributed by atoms with Crippen LogP contribution in [0.4, 0.5) is 0 Å². The standard InChI is InChI=1S/C13H19N3OS/c1-10(2)9-14-13(18)16-15-11(3)6-7-12-5-4-8-17-12/h4-8,10H,9H2,1-3H3,(H2,14,16,18). The molecule has 0 radical (unpaired) electrons. The van der Waals surface area contributed by atoms with Crippen LogP contribution in [0.2, 0.25) is 0 Å². The summed E-state index contributed by atoms with van der Waals surface area (Å²) in [5, 5.41) is 7.75. The molecular weight excluding hydrogens is 246 g/mol. The average Bonchev–Trinajstić information content (AvgIpc) is 2.84. The van der Waals surface area contributed by atoms with Crippen molar-refractivity contribution in [1.29, 1.82) is 0 Å². The summed E-state index contributed by atoms with van der Waals surface area (Å²) >= 11 is 5.08. The molecule has 0 atom stereocenters. The lowest BCUT2D eigenvalue weighted by Gasteiger charge is -2.09. The smallest absolute Gasteiger partial charge is 0.186 e. The zero-order chi connectivity index (χ0) is 13.4. The van der Waals surface area contributed by atoms with Gasteiger partial charge in [-0.05, 0) is 49.3 Å². The van der Waals surface area contributed by atoms with Gasteiger partial charge in [0.1, 0.15) is 5.76 Å². The van der Waals surface area contributed by atoms with Crippen molar-refractivity contribution in [2.45, 2.75) is 20.8 Å². The number of nitrogens with one attached hydrogen (secondary N) is 2. The van der Waals surface area contributed by atoms with Crippen molar-refractivity contribution >= 4 is 29.1 Å². The summed E-state index contributed by atoms with van der Waals surface area (Å²) in [4.78, 5) is 0. The molecule has 1 rings (SSSR count).